The minimum absolute atomic E-state index is 0.0415. The highest BCUT2D eigenvalue weighted by Gasteiger charge is 2.32. The van der Waals surface area contributed by atoms with Crippen molar-refractivity contribution >= 4 is 23.9 Å². The molecule has 0 saturated heterocycles. The maximum absolute atomic E-state index is 12.7. The van der Waals surface area contributed by atoms with Gasteiger partial charge in [-0.05, 0) is 136 Å². The second-order valence-corrected chi connectivity index (χ2v) is 21.1. The summed E-state index contributed by atoms with van der Waals surface area (Å²) in [6.45, 7) is 24.6. The van der Waals surface area contributed by atoms with Crippen LogP contribution in [0.15, 0.2) is 102 Å². The smallest absolute Gasteiger partial charge is 0.349 e. The Bertz CT molecular complexity index is 2620. The molecule has 0 aliphatic rings. The van der Waals surface area contributed by atoms with Crippen molar-refractivity contribution < 1.29 is 38.1 Å². The summed E-state index contributed by atoms with van der Waals surface area (Å²) < 4.78 is 24.9. The summed E-state index contributed by atoms with van der Waals surface area (Å²) in [6, 6.07) is 31.2. The van der Waals surface area contributed by atoms with Gasteiger partial charge in [0.05, 0.1) is 26.3 Å². The van der Waals surface area contributed by atoms with Gasteiger partial charge in [-0.2, -0.15) is 5.10 Å². The average molecular weight is 1010 g/mol. The quantitative estimate of drug-likeness (QED) is 0.0565. The first kappa shape index (κ1) is 58.7. The number of hydrogen-bond acceptors (Lipinski definition) is 10. The number of nitrogens with one attached hydrogen (secondary N) is 2. The molecule has 0 aliphatic heterocycles. The van der Waals surface area contributed by atoms with Gasteiger partial charge in [-0.3, -0.25) is 14.8 Å². The standard InChI is InChI=1S/C29H41N3O5.C29H39N3O4/c1-8-36-26(34)29(5,6)37-24-18-14-21(15-19-24)10-9-11-25(33)31-32(27(35)30-7)20-22-12-16-23(17-13-22)28(2,3)4;1-8-35-26(33)29(5,6)36-24-18-14-21(15-19-24)10-9-11-25-30-32(27(34)31(25)7)20-22-12-16-23(17-13-22)28(2,3)4/h12-19H,8-11,20H2,1-7H3,(H,30,35)(H,31,33);12-19H,8-11,20H2,1-7H3. The second-order valence-electron chi connectivity index (χ2n) is 21.1. The Morgan fingerprint density at radius 2 is 1.01 bits per heavy atom. The Hall–Kier alpha value is -6.90. The molecule has 0 spiro atoms. The highest BCUT2D eigenvalue weighted by molar-refractivity contribution is 5.81. The first-order valence-electron chi connectivity index (χ1n) is 25.3. The SMILES string of the molecule is CCOC(=O)C(C)(C)Oc1ccc(CCCC(=O)NN(Cc2ccc(C(C)(C)C)cc2)C(=O)NC)cc1.CCOC(=O)C(C)(C)Oc1ccc(CCCc2nn(Cc3ccc(C(C)(C)C)cc3)c(=O)n2C)cc1. The molecule has 396 valence electrons. The number of ether oxygens (including phenoxy) is 4. The summed E-state index contributed by atoms with van der Waals surface area (Å²) in [7, 11) is 3.31. The van der Waals surface area contributed by atoms with Crippen LogP contribution in [-0.2, 0) is 74.1 Å². The van der Waals surface area contributed by atoms with Crippen molar-refractivity contribution in [2.75, 3.05) is 20.3 Å². The van der Waals surface area contributed by atoms with Gasteiger partial charge < -0.3 is 24.3 Å². The van der Waals surface area contributed by atoms with E-state index in [9.17, 15) is 24.0 Å². The monoisotopic (exact) mass is 1000 g/mol. The Labute approximate surface area is 432 Å². The molecular weight excluding hydrogens is 925 g/mol. The molecule has 1 aromatic heterocycles. The zero-order valence-electron chi connectivity index (χ0n) is 45.8. The van der Waals surface area contributed by atoms with E-state index < -0.39 is 17.2 Å². The van der Waals surface area contributed by atoms with Crippen molar-refractivity contribution in [3.63, 3.8) is 0 Å². The highest BCUT2D eigenvalue weighted by atomic mass is 16.6. The Morgan fingerprint density at radius 1 is 0.589 bits per heavy atom. The second kappa shape index (κ2) is 26.2. The van der Waals surface area contributed by atoms with Crippen molar-refractivity contribution in [1.29, 1.82) is 0 Å². The van der Waals surface area contributed by atoms with Crippen LogP contribution in [0.25, 0.3) is 0 Å². The Morgan fingerprint density at radius 3 is 1.44 bits per heavy atom. The zero-order chi connectivity index (χ0) is 54.1. The molecule has 0 atom stereocenters. The zero-order valence-corrected chi connectivity index (χ0v) is 45.8. The fraction of sp³-hybridized carbons (Fsp3) is 0.483. The summed E-state index contributed by atoms with van der Waals surface area (Å²) in [5.41, 5.74) is 7.27. The summed E-state index contributed by atoms with van der Waals surface area (Å²) >= 11 is 0. The number of nitrogens with zero attached hydrogens (tertiary/aromatic N) is 4. The van der Waals surface area contributed by atoms with Crippen LogP contribution in [0.2, 0.25) is 0 Å². The molecule has 0 bridgehead atoms. The molecular formula is C58H80N6O9. The predicted molar refractivity (Wildman–Crippen MR) is 286 cm³/mol. The number of hydrazine groups is 1. The number of hydrogen-bond donors (Lipinski definition) is 2. The summed E-state index contributed by atoms with van der Waals surface area (Å²) in [4.78, 5) is 61.7. The van der Waals surface area contributed by atoms with Gasteiger partial charge in [0.25, 0.3) is 0 Å². The van der Waals surface area contributed by atoms with Gasteiger partial charge in [0.2, 0.25) is 5.91 Å². The summed E-state index contributed by atoms with van der Waals surface area (Å²) in [6.07, 6.45) is 3.97. The minimum atomic E-state index is -1.08. The van der Waals surface area contributed by atoms with E-state index in [1.54, 1.807) is 70.0 Å². The summed E-state index contributed by atoms with van der Waals surface area (Å²) in [5.74, 6) is 0.928. The molecule has 3 amide bonds. The minimum Gasteiger partial charge on any atom is -0.476 e. The van der Waals surface area contributed by atoms with E-state index in [4.69, 9.17) is 18.9 Å². The maximum Gasteiger partial charge on any atom is 0.349 e. The Balaban J connectivity index is 0.000000317. The van der Waals surface area contributed by atoms with Gasteiger partial charge in [0, 0.05) is 26.9 Å². The molecule has 0 aliphatic carbocycles. The van der Waals surface area contributed by atoms with Gasteiger partial charge in [0.1, 0.15) is 17.3 Å². The van der Waals surface area contributed by atoms with Crippen LogP contribution in [0.4, 0.5) is 4.79 Å². The third-order valence-electron chi connectivity index (χ3n) is 12.0. The van der Waals surface area contributed by atoms with Crippen LogP contribution < -0.4 is 25.9 Å². The van der Waals surface area contributed by atoms with Crippen LogP contribution in [-0.4, -0.2) is 74.7 Å². The number of carbonyl (C=O) groups is 4. The van der Waals surface area contributed by atoms with E-state index >= 15 is 0 Å². The van der Waals surface area contributed by atoms with E-state index in [0.717, 1.165) is 40.9 Å². The van der Waals surface area contributed by atoms with Crippen molar-refractivity contribution in [2.24, 2.45) is 7.05 Å². The van der Waals surface area contributed by atoms with E-state index in [1.165, 1.54) is 23.2 Å². The van der Waals surface area contributed by atoms with Gasteiger partial charge in [-0.1, -0.05) is 114 Å². The van der Waals surface area contributed by atoms with Crippen molar-refractivity contribution in [2.45, 2.75) is 157 Å². The van der Waals surface area contributed by atoms with Crippen LogP contribution in [0.3, 0.4) is 0 Å². The molecule has 1 heterocycles. The van der Waals surface area contributed by atoms with Crippen LogP contribution in [0, 0.1) is 0 Å². The lowest BCUT2D eigenvalue weighted by atomic mass is 9.87. The lowest BCUT2D eigenvalue weighted by Gasteiger charge is -2.24. The van der Waals surface area contributed by atoms with Crippen molar-refractivity contribution in [3.8, 4) is 11.5 Å². The summed E-state index contributed by atoms with van der Waals surface area (Å²) in [5, 5.41) is 8.47. The van der Waals surface area contributed by atoms with Crippen LogP contribution >= 0.6 is 0 Å². The van der Waals surface area contributed by atoms with Crippen LogP contribution in [0.1, 0.15) is 142 Å². The first-order chi connectivity index (χ1) is 34.3. The normalized spacial score (nSPS) is 11.7. The topological polar surface area (TPSA) is 172 Å². The molecule has 15 nitrogen and oxygen atoms in total. The molecule has 0 radical (unpaired) electrons. The number of aromatic nitrogens is 3. The first-order valence-corrected chi connectivity index (χ1v) is 25.3. The molecule has 5 rings (SSSR count). The largest absolute Gasteiger partial charge is 0.476 e. The molecule has 0 saturated carbocycles. The van der Waals surface area contributed by atoms with Crippen molar-refractivity contribution in [1.82, 2.24) is 30.1 Å². The van der Waals surface area contributed by atoms with Gasteiger partial charge in [-0.15, -0.1) is 0 Å². The van der Waals surface area contributed by atoms with Gasteiger partial charge >= 0.3 is 23.7 Å². The number of aryl methyl sites for hydroxylation is 3. The number of benzene rings is 4. The molecule has 73 heavy (non-hydrogen) atoms. The molecule has 15 heteroatoms. The molecule has 5 aromatic rings. The average Bonchev–Trinajstić information content (AvgIpc) is 3.59. The molecule has 2 N–H and O–H groups in total. The number of esters is 2. The van der Waals surface area contributed by atoms with E-state index in [-0.39, 0.29) is 47.4 Å². The van der Waals surface area contributed by atoms with Crippen LogP contribution in [0.5, 0.6) is 11.5 Å². The lowest BCUT2D eigenvalue weighted by Crippen LogP contribution is -2.49. The number of amides is 3. The van der Waals surface area contributed by atoms with E-state index in [0.29, 0.717) is 50.5 Å². The third-order valence-corrected chi connectivity index (χ3v) is 12.0. The number of carbonyl (C=O) groups excluding carboxylic acids is 4. The number of urea groups is 1. The molecule has 0 unspecified atom stereocenters. The van der Waals surface area contributed by atoms with Crippen molar-refractivity contribution in [3.05, 3.63) is 147 Å². The molecule has 4 aromatic carbocycles. The fourth-order valence-corrected chi connectivity index (χ4v) is 7.57. The third kappa shape index (κ3) is 18.3. The highest BCUT2D eigenvalue weighted by Crippen LogP contribution is 2.25. The lowest BCUT2D eigenvalue weighted by molar-refractivity contribution is -0.159. The Kier molecular flexibility index (Phi) is 21.0. The van der Waals surface area contributed by atoms with Gasteiger partial charge in [-0.25, -0.2) is 28.9 Å². The molecule has 0 fully saturated rings. The van der Waals surface area contributed by atoms with E-state index in [2.05, 4.69) is 81.6 Å². The predicted octanol–water partition coefficient (Wildman–Crippen LogP) is 9.72. The maximum atomic E-state index is 12.7. The van der Waals surface area contributed by atoms with E-state index in [1.807, 2.05) is 60.7 Å². The number of rotatable bonds is 20. The fourth-order valence-electron chi connectivity index (χ4n) is 7.57. The van der Waals surface area contributed by atoms with Gasteiger partial charge in [0.15, 0.2) is 11.2 Å².